The molecule has 0 spiro atoms. The van der Waals surface area contributed by atoms with Crippen molar-refractivity contribution < 1.29 is 28.8 Å². The summed E-state index contributed by atoms with van der Waals surface area (Å²) in [6.07, 6.45) is -3.56. The van der Waals surface area contributed by atoms with Gasteiger partial charge >= 0.3 is 0 Å². The van der Waals surface area contributed by atoms with Crippen LogP contribution in [0.4, 0.5) is 0 Å². The first-order chi connectivity index (χ1) is 16.7. The van der Waals surface area contributed by atoms with Crippen LogP contribution in [0.2, 0.25) is 0 Å². The highest BCUT2D eigenvalue weighted by molar-refractivity contribution is 5.15. The Kier molecular flexibility index (Phi) is 9.21. The molecule has 4 rings (SSSR count). The van der Waals surface area contributed by atoms with Gasteiger partial charge in [0.2, 0.25) is 0 Å². The van der Waals surface area contributed by atoms with Gasteiger partial charge in [-0.3, -0.25) is 0 Å². The van der Waals surface area contributed by atoms with E-state index in [1.807, 2.05) is 91.0 Å². The summed E-state index contributed by atoms with van der Waals surface area (Å²) in [7, 11) is 1.51. The lowest BCUT2D eigenvalue weighted by molar-refractivity contribution is -0.313. The zero-order chi connectivity index (χ0) is 23.6. The number of hydrogen-bond donors (Lipinski definition) is 1. The van der Waals surface area contributed by atoms with Crippen molar-refractivity contribution in [2.45, 2.75) is 50.5 Å². The SMILES string of the molecule is CO[C@@H]1O[C@H](COCc2ccccc2)[C@@H](OCc2ccccc2)[C@H](OCc2ccccc2)[C@H]1O. The average Bonchev–Trinajstić information content (AvgIpc) is 2.89. The molecular weight excluding hydrogens is 432 g/mol. The second kappa shape index (κ2) is 12.8. The van der Waals surface area contributed by atoms with Crippen LogP contribution >= 0.6 is 0 Å². The Hall–Kier alpha value is -2.58. The molecule has 1 N–H and O–H groups in total. The highest BCUT2D eigenvalue weighted by Gasteiger charge is 2.47. The van der Waals surface area contributed by atoms with E-state index in [1.54, 1.807) is 0 Å². The number of rotatable bonds is 11. The van der Waals surface area contributed by atoms with E-state index in [9.17, 15) is 5.11 Å². The summed E-state index contributed by atoms with van der Waals surface area (Å²) in [6.45, 7) is 1.41. The predicted octanol–water partition coefficient (Wildman–Crippen LogP) is 4.11. The second-order valence-corrected chi connectivity index (χ2v) is 8.29. The third kappa shape index (κ3) is 6.73. The Balaban J connectivity index is 1.48. The van der Waals surface area contributed by atoms with Gasteiger partial charge < -0.3 is 28.8 Å². The van der Waals surface area contributed by atoms with Gasteiger partial charge in [-0.25, -0.2) is 0 Å². The van der Waals surface area contributed by atoms with Crippen LogP contribution in [0.5, 0.6) is 0 Å². The minimum absolute atomic E-state index is 0.270. The molecule has 6 nitrogen and oxygen atoms in total. The van der Waals surface area contributed by atoms with E-state index < -0.39 is 30.7 Å². The van der Waals surface area contributed by atoms with Gasteiger partial charge in [0, 0.05) is 7.11 Å². The summed E-state index contributed by atoms with van der Waals surface area (Å²) in [5.74, 6) is 0. The lowest BCUT2D eigenvalue weighted by Gasteiger charge is -2.43. The maximum atomic E-state index is 11.0. The van der Waals surface area contributed by atoms with Gasteiger partial charge in [0.1, 0.15) is 24.4 Å². The molecule has 6 heteroatoms. The topological polar surface area (TPSA) is 66.4 Å². The largest absolute Gasteiger partial charge is 0.385 e. The fraction of sp³-hybridized carbons (Fsp3) is 0.357. The summed E-state index contributed by atoms with van der Waals surface area (Å²) < 4.78 is 30.0. The minimum atomic E-state index is -1.01. The van der Waals surface area contributed by atoms with Gasteiger partial charge in [0.05, 0.1) is 26.4 Å². The highest BCUT2D eigenvalue weighted by Crippen LogP contribution is 2.28. The molecule has 3 aromatic carbocycles. The minimum Gasteiger partial charge on any atom is -0.385 e. The molecule has 0 aromatic heterocycles. The first-order valence-corrected chi connectivity index (χ1v) is 11.5. The number of aliphatic hydroxyl groups is 1. The van der Waals surface area contributed by atoms with Crippen molar-refractivity contribution in [3.63, 3.8) is 0 Å². The number of benzene rings is 3. The van der Waals surface area contributed by atoms with E-state index in [2.05, 4.69) is 0 Å². The average molecular weight is 465 g/mol. The Labute approximate surface area is 201 Å². The van der Waals surface area contributed by atoms with Gasteiger partial charge in [0.25, 0.3) is 0 Å². The van der Waals surface area contributed by atoms with E-state index in [4.69, 9.17) is 23.7 Å². The fourth-order valence-electron chi connectivity index (χ4n) is 4.02. The van der Waals surface area contributed by atoms with Gasteiger partial charge in [-0.1, -0.05) is 91.0 Å². The zero-order valence-electron chi connectivity index (χ0n) is 19.4. The van der Waals surface area contributed by atoms with Crippen LogP contribution < -0.4 is 0 Å². The Morgan fingerprint density at radius 3 is 1.65 bits per heavy atom. The van der Waals surface area contributed by atoms with Crippen LogP contribution in [0, 0.1) is 0 Å². The predicted molar refractivity (Wildman–Crippen MR) is 128 cm³/mol. The van der Waals surface area contributed by atoms with Crippen LogP contribution in [0.15, 0.2) is 91.0 Å². The van der Waals surface area contributed by atoms with Crippen molar-refractivity contribution in [1.82, 2.24) is 0 Å². The quantitative estimate of drug-likeness (QED) is 0.461. The first-order valence-electron chi connectivity index (χ1n) is 11.5. The summed E-state index contributed by atoms with van der Waals surface area (Å²) in [4.78, 5) is 0. The molecule has 0 aliphatic carbocycles. The highest BCUT2D eigenvalue weighted by atomic mass is 16.7. The second-order valence-electron chi connectivity index (χ2n) is 8.29. The fourth-order valence-corrected chi connectivity index (χ4v) is 4.02. The maximum Gasteiger partial charge on any atom is 0.186 e. The van der Waals surface area contributed by atoms with E-state index in [0.29, 0.717) is 19.8 Å². The standard InChI is InChI=1S/C28H32O6/c1-30-28-25(29)27(33-19-23-15-9-4-10-16-23)26(32-18-22-13-7-3-8-14-22)24(34-28)20-31-17-21-11-5-2-6-12-21/h2-16,24-29H,17-20H2,1H3/t24-,25-,26-,27-,28-/m1/s1. The molecule has 1 heterocycles. The Bertz CT molecular complexity index is 952. The summed E-state index contributed by atoms with van der Waals surface area (Å²) >= 11 is 0. The number of methoxy groups -OCH3 is 1. The Morgan fingerprint density at radius 1 is 0.676 bits per heavy atom. The molecule has 180 valence electrons. The number of aliphatic hydroxyl groups excluding tert-OH is 1. The van der Waals surface area contributed by atoms with E-state index in [1.165, 1.54) is 7.11 Å². The van der Waals surface area contributed by atoms with Crippen molar-refractivity contribution in [3.8, 4) is 0 Å². The molecule has 1 aliphatic rings. The third-order valence-corrected chi connectivity index (χ3v) is 5.81. The van der Waals surface area contributed by atoms with Gasteiger partial charge in [-0.15, -0.1) is 0 Å². The Morgan fingerprint density at radius 2 is 1.15 bits per heavy atom. The van der Waals surface area contributed by atoms with Crippen molar-refractivity contribution in [2.75, 3.05) is 13.7 Å². The summed E-state index contributed by atoms with van der Waals surface area (Å²) in [5.41, 5.74) is 3.10. The number of ether oxygens (including phenoxy) is 5. The summed E-state index contributed by atoms with van der Waals surface area (Å²) in [5, 5.41) is 11.0. The number of hydrogen-bond acceptors (Lipinski definition) is 6. The van der Waals surface area contributed by atoms with Crippen molar-refractivity contribution >= 4 is 0 Å². The van der Waals surface area contributed by atoms with Crippen LogP contribution in [0.1, 0.15) is 16.7 Å². The monoisotopic (exact) mass is 464 g/mol. The normalized spacial score (nSPS) is 24.7. The molecule has 0 bridgehead atoms. The molecule has 0 radical (unpaired) electrons. The molecule has 1 saturated heterocycles. The van der Waals surface area contributed by atoms with Crippen molar-refractivity contribution in [3.05, 3.63) is 108 Å². The van der Waals surface area contributed by atoms with Gasteiger partial charge in [-0.2, -0.15) is 0 Å². The van der Waals surface area contributed by atoms with E-state index in [0.717, 1.165) is 16.7 Å². The smallest absolute Gasteiger partial charge is 0.186 e. The van der Waals surface area contributed by atoms with E-state index in [-0.39, 0.29) is 6.61 Å². The van der Waals surface area contributed by atoms with E-state index >= 15 is 0 Å². The molecule has 0 amide bonds. The molecule has 0 unspecified atom stereocenters. The lowest BCUT2D eigenvalue weighted by Crippen LogP contribution is -2.60. The van der Waals surface area contributed by atoms with Gasteiger partial charge in [0.15, 0.2) is 6.29 Å². The van der Waals surface area contributed by atoms with Crippen molar-refractivity contribution in [1.29, 1.82) is 0 Å². The lowest BCUT2D eigenvalue weighted by atomic mass is 9.98. The molecule has 34 heavy (non-hydrogen) atoms. The van der Waals surface area contributed by atoms with Crippen LogP contribution in [-0.4, -0.2) is 49.5 Å². The first kappa shape index (κ1) is 24.5. The molecule has 5 atom stereocenters. The zero-order valence-corrected chi connectivity index (χ0v) is 19.4. The third-order valence-electron chi connectivity index (χ3n) is 5.81. The molecule has 1 aliphatic heterocycles. The maximum absolute atomic E-state index is 11.0. The van der Waals surface area contributed by atoms with Gasteiger partial charge in [-0.05, 0) is 16.7 Å². The molecule has 0 saturated carbocycles. The van der Waals surface area contributed by atoms with Crippen LogP contribution in [-0.2, 0) is 43.5 Å². The molecule has 1 fully saturated rings. The van der Waals surface area contributed by atoms with Crippen LogP contribution in [0.3, 0.4) is 0 Å². The molecular formula is C28H32O6. The van der Waals surface area contributed by atoms with Crippen molar-refractivity contribution in [2.24, 2.45) is 0 Å². The summed E-state index contributed by atoms with van der Waals surface area (Å²) in [6, 6.07) is 29.7. The van der Waals surface area contributed by atoms with Crippen LogP contribution in [0.25, 0.3) is 0 Å². The molecule has 3 aromatic rings.